The Labute approximate surface area is 234 Å². The largest absolute Gasteiger partial charge is 0.481 e. The molecule has 0 spiro atoms. The van der Waals surface area contributed by atoms with Gasteiger partial charge in [0.05, 0.1) is 5.92 Å². The van der Waals surface area contributed by atoms with Crippen LogP contribution in [0.3, 0.4) is 0 Å². The summed E-state index contributed by atoms with van der Waals surface area (Å²) >= 11 is 6.25. The molecule has 216 valence electrons. The highest BCUT2D eigenvalue weighted by molar-refractivity contribution is 6.30. The number of amides is 1. The number of fused-ring (bicyclic) bond motifs is 3. The van der Waals surface area contributed by atoms with Crippen LogP contribution >= 0.6 is 11.6 Å². The molecule has 1 saturated heterocycles. The number of carbonyl (C=O) groups excluding carboxylic acids is 1. The molecular formula is C30H31ClF5NO3. The van der Waals surface area contributed by atoms with Crippen LogP contribution in [0.5, 0.6) is 0 Å². The van der Waals surface area contributed by atoms with Crippen molar-refractivity contribution in [2.45, 2.75) is 87.3 Å². The molecule has 1 amide bonds. The van der Waals surface area contributed by atoms with Crippen LogP contribution in [0.2, 0.25) is 5.02 Å². The van der Waals surface area contributed by atoms with Crippen molar-refractivity contribution >= 4 is 23.5 Å². The van der Waals surface area contributed by atoms with E-state index < -0.39 is 52.3 Å². The van der Waals surface area contributed by atoms with Gasteiger partial charge in [-0.3, -0.25) is 9.59 Å². The summed E-state index contributed by atoms with van der Waals surface area (Å²) in [5, 5.41) is 9.81. The maximum Gasteiger partial charge on any atom is 0.426 e. The molecule has 40 heavy (non-hydrogen) atoms. The van der Waals surface area contributed by atoms with Crippen LogP contribution in [-0.4, -0.2) is 46.3 Å². The molecule has 0 radical (unpaired) electrons. The van der Waals surface area contributed by atoms with Crippen LogP contribution in [0.25, 0.3) is 0 Å². The second kappa shape index (κ2) is 10.00. The van der Waals surface area contributed by atoms with E-state index >= 15 is 4.39 Å². The van der Waals surface area contributed by atoms with Crippen molar-refractivity contribution in [2.75, 3.05) is 6.54 Å². The zero-order chi connectivity index (χ0) is 29.1. The highest BCUT2D eigenvalue weighted by atomic mass is 35.5. The summed E-state index contributed by atoms with van der Waals surface area (Å²) in [6.07, 6.45) is -3.70. The number of carbonyl (C=O) groups is 2. The van der Waals surface area contributed by atoms with E-state index in [2.05, 4.69) is 0 Å². The average Bonchev–Trinajstić information content (AvgIpc) is 3.26. The molecule has 5 rings (SSSR count). The number of alkyl halides is 5. The number of aliphatic carboxylic acids is 1. The number of carboxylic acids is 1. The lowest BCUT2D eigenvalue weighted by molar-refractivity contribution is -0.228. The van der Waals surface area contributed by atoms with Crippen molar-refractivity contribution in [1.82, 2.24) is 4.90 Å². The van der Waals surface area contributed by atoms with Gasteiger partial charge < -0.3 is 10.0 Å². The number of hydrogen-bond acceptors (Lipinski definition) is 2. The number of halogens is 6. The van der Waals surface area contributed by atoms with E-state index in [1.165, 1.54) is 12.1 Å². The normalized spacial score (nSPS) is 29.8. The maximum atomic E-state index is 16.1. The third kappa shape index (κ3) is 4.78. The van der Waals surface area contributed by atoms with Crippen LogP contribution < -0.4 is 0 Å². The number of likely N-dealkylation sites (tertiary alicyclic amines) is 1. The van der Waals surface area contributed by atoms with Gasteiger partial charge in [0.1, 0.15) is 0 Å². The molecule has 2 aromatic carbocycles. The van der Waals surface area contributed by atoms with E-state index in [1.54, 1.807) is 29.2 Å². The van der Waals surface area contributed by atoms with Crippen molar-refractivity contribution in [2.24, 2.45) is 5.92 Å². The van der Waals surface area contributed by atoms with E-state index in [1.807, 2.05) is 6.07 Å². The lowest BCUT2D eigenvalue weighted by atomic mass is 9.63. The van der Waals surface area contributed by atoms with Crippen LogP contribution in [-0.2, 0) is 33.5 Å². The summed E-state index contributed by atoms with van der Waals surface area (Å²) in [4.78, 5) is 26.6. The molecule has 4 nitrogen and oxygen atoms in total. The number of hydrogen-bond donors (Lipinski definition) is 1. The third-order valence-corrected chi connectivity index (χ3v) is 9.63. The standard InChI is InChI=1S/C30H31ClF5NO3/c1-27(32,30(34,35)36)21-6-7-23-20(16-21)5-8-24-28(23,17-18-3-2-4-22(31)15-18)13-14-37(24)26(40)29(33)11-9-19(10-12-29)25(38)39/h2-4,6-7,15-16,19,24H,5,8-14,17H2,1H3,(H,38,39). The average molecular weight is 584 g/mol. The molecule has 2 fully saturated rings. The minimum atomic E-state index is -5.08. The minimum Gasteiger partial charge on any atom is -0.481 e. The van der Waals surface area contributed by atoms with Gasteiger partial charge in [-0.2, -0.15) is 13.2 Å². The number of carboxylic acid groups (broad SMARTS) is 1. The predicted octanol–water partition coefficient (Wildman–Crippen LogP) is 7.10. The van der Waals surface area contributed by atoms with Crippen molar-refractivity contribution in [1.29, 1.82) is 0 Å². The van der Waals surface area contributed by atoms with Crippen LogP contribution in [0.1, 0.15) is 67.7 Å². The molecule has 3 atom stereocenters. The topological polar surface area (TPSA) is 57.6 Å². The zero-order valence-electron chi connectivity index (χ0n) is 22.0. The minimum absolute atomic E-state index is 0.0799. The molecule has 2 aromatic rings. The number of rotatable bonds is 5. The first kappa shape index (κ1) is 28.8. The van der Waals surface area contributed by atoms with E-state index in [0.717, 1.165) is 11.1 Å². The van der Waals surface area contributed by atoms with E-state index in [0.29, 0.717) is 43.2 Å². The first-order valence-electron chi connectivity index (χ1n) is 13.5. The lowest BCUT2D eigenvalue weighted by Gasteiger charge is -2.45. The van der Waals surface area contributed by atoms with Crippen LogP contribution in [0, 0.1) is 5.92 Å². The van der Waals surface area contributed by atoms with Gasteiger partial charge in [0.25, 0.3) is 5.91 Å². The molecule has 0 bridgehead atoms. The summed E-state index contributed by atoms with van der Waals surface area (Å²) in [6, 6.07) is 10.8. The quantitative estimate of drug-likeness (QED) is 0.382. The van der Waals surface area contributed by atoms with Crippen molar-refractivity contribution in [3.63, 3.8) is 0 Å². The van der Waals surface area contributed by atoms with Gasteiger partial charge in [-0.25, -0.2) is 8.78 Å². The smallest absolute Gasteiger partial charge is 0.426 e. The van der Waals surface area contributed by atoms with Crippen LogP contribution in [0.15, 0.2) is 42.5 Å². The van der Waals surface area contributed by atoms with Crippen molar-refractivity contribution in [3.8, 4) is 0 Å². The Balaban J connectivity index is 1.52. The molecule has 1 saturated carbocycles. The maximum absolute atomic E-state index is 16.1. The fourth-order valence-electron chi connectivity index (χ4n) is 7.07. The number of aryl methyl sites for hydroxylation is 1. The number of benzene rings is 2. The summed E-state index contributed by atoms with van der Waals surface area (Å²) in [5.41, 5.74) is -4.69. The summed E-state index contributed by atoms with van der Waals surface area (Å²) < 4.78 is 71.4. The first-order valence-corrected chi connectivity index (χ1v) is 13.9. The molecule has 10 heteroatoms. The molecule has 0 aromatic heterocycles. The predicted molar refractivity (Wildman–Crippen MR) is 140 cm³/mol. The second-order valence-electron chi connectivity index (χ2n) is 11.7. The Bertz CT molecular complexity index is 1320. The Morgan fingerprint density at radius 3 is 2.38 bits per heavy atom. The lowest BCUT2D eigenvalue weighted by Crippen LogP contribution is -2.55. The third-order valence-electron chi connectivity index (χ3n) is 9.40. The zero-order valence-corrected chi connectivity index (χ0v) is 22.8. The highest BCUT2D eigenvalue weighted by Crippen LogP contribution is 2.52. The van der Waals surface area contributed by atoms with Gasteiger partial charge >= 0.3 is 12.1 Å². The Hall–Kier alpha value is -2.68. The Morgan fingerprint density at radius 2 is 1.75 bits per heavy atom. The van der Waals surface area contributed by atoms with E-state index in [4.69, 9.17) is 11.6 Å². The summed E-state index contributed by atoms with van der Waals surface area (Å²) in [7, 11) is 0. The SMILES string of the molecule is CC(F)(c1ccc2c(c1)CCC1N(C(=O)C3(F)CCC(C(=O)O)CC3)CCC21Cc1cccc(Cl)c1)C(F)(F)F. The monoisotopic (exact) mass is 583 g/mol. The molecule has 1 heterocycles. The van der Waals surface area contributed by atoms with Crippen molar-refractivity contribution in [3.05, 3.63) is 69.7 Å². The fourth-order valence-corrected chi connectivity index (χ4v) is 7.28. The van der Waals surface area contributed by atoms with Crippen molar-refractivity contribution < 1.29 is 36.6 Å². The van der Waals surface area contributed by atoms with Gasteiger partial charge in [-0.05, 0) is 92.7 Å². The molecule has 2 aliphatic carbocycles. The Morgan fingerprint density at radius 1 is 1.05 bits per heavy atom. The highest BCUT2D eigenvalue weighted by Gasteiger charge is 2.57. The molecule has 3 aliphatic rings. The molecule has 1 N–H and O–H groups in total. The molecule has 3 unspecified atom stereocenters. The van der Waals surface area contributed by atoms with E-state index in [-0.39, 0.29) is 32.2 Å². The molecular weight excluding hydrogens is 553 g/mol. The fraction of sp³-hybridized carbons (Fsp3) is 0.533. The van der Waals surface area contributed by atoms with E-state index in [9.17, 15) is 32.3 Å². The van der Waals surface area contributed by atoms with Crippen LogP contribution in [0.4, 0.5) is 22.0 Å². The van der Waals surface area contributed by atoms with Gasteiger partial charge in [0.15, 0.2) is 5.67 Å². The van der Waals surface area contributed by atoms with Gasteiger partial charge in [0.2, 0.25) is 5.67 Å². The number of nitrogens with zero attached hydrogens (tertiary/aromatic N) is 1. The second-order valence-corrected chi connectivity index (χ2v) is 12.2. The van der Waals surface area contributed by atoms with Gasteiger partial charge in [-0.15, -0.1) is 0 Å². The van der Waals surface area contributed by atoms with Gasteiger partial charge in [-0.1, -0.05) is 41.9 Å². The summed E-state index contributed by atoms with van der Waals surface area (Å²) in [5.74, 6) is -2.32. The van der Waals surface area contributed by atoms with Gasteiger partial charge in [0, 0.05) is 23.0 Å². The molecule has 1 aliphatic heterocycles. The summed E-state index contributed by atoms with van der Waals surface area (Å²) in [6.45, 7) is 0.764. The first-order chi connectivity index (χ1) is 18.7. The Kier molecular flexibility index (Phi) is 7.21.